The summed E-state index contributed by atoms with van der Waals surface area (Å²) in [5.41, 5.74) is 3.62. The molecule has 0 saturated heterocycles. The molecule has 1 heterocycles. The summed E-state index contributed by atoms with van der Waals surface area (Å²) in [6.45, 7) is 5.24. The number of hydrogen-bond acceptors (Lipinski definition) is 7. The first-order valence-electron chi connectivity index (χ1n) is 8.94. The second-order valence-electron chi connectivity index (χ2n) is 6.35. The van der Waals surface area contributed by atoms with Crippen molar-refractivity contribution in [1.82, 2.24) is 4.98 Å². The smallest absolute Gasteiger partial charge is 0.264 e. The normalized spacial score (nSPS) is 12.1. The van der Waals surface area contributed by atoms with Gasteiger partial charge in [0.25, 0.3) is 10.1 Å². The number of para-hydroxylation sites is 1. The lowest BCUT2D eigenvalue weighted by Gasteiger charge is -2.23. The third-order valence-corrected chi connectivity index (χ3v) is 6.01. The van der Waals surface area contributed by atoms with E-state index < -0.39 is 10.1 Å². The number of azo groups is 1. The van der Waals surface area contributed by atoms with Crippen molar-refractivity contribution in [3.8, 4) is 0 Å². The van der Waals surface area contributed by atoms with Gasteiger partial charge in [0.05, 0.1) is 21.7 Å². The van der Waals surface area contributed by atoms with Crippen molar-refractivity contribution < 1.29 is 13.0 Å². The number of nitrogens with zero attached hydrogens (tertiary/aromatic N) is 4. The number of anilines is 1. The maximum absolute atomic E-state index is 10.9. The van der Waals surface area contributed by atoms with Crippen LogP contribution >= 0.6 is 11.3 Å². The van der Waals surface area contributed by atoms with E-state index in [9.17, 15) is 8.42 Å². The van der Waals surface area contributed by atoms with Crippen LogP contribution in [0.25, 0.3) is 10.2 Å². The average molecular weight is 419 g/mol. The average Bonchev–Trinajstić information content (AvgIpc) is 3.06. The van der Waals surface area contributed by atoms with Gasteiger partial charge in [-0.25, -0.2) is 4.98 Å². The molecule has 0 fully saturated rings. The number of thiazole rings is 1. The van der Waals surface area contributed by atoms with Crippen molar-refractivity contribution >= 4 is 48.2 Å². The number of aromatic nitrogens is 1. The maximum Gasteiger partial charge on any atom is 0.264 e. The number of hydrogen-bond donors (Lipinski definition) is 1. The molecule has 0 aliphatic carbocycles. The van der Waals surface area contributed by atoms with Gasteiger partial charge in [-0.3, -0.25) is 4.55 Å². The van der Waals surface area contributed by atoms with Crippen LogP contribution in [0.1, 0.15) is 18.9 Å². The molecule has 7 nitrogen and oxygen atoms in total. The van der Waals surface area contributed by atoms with E-state index in [1.54, 1.807) is 0 Å². The molecule has 148 valence electrons. The summed E-state index contributed by atoms with van der Waals surface area (Å²) in [4.78, 5) is 6.51. The molecule has 28 heavy (non-hydrogen) atoms. The minimum atomic E-state index is -3.93. The molecular formula is C19H22N4O3S2. The van der Waals surface area contributed by atoms with Crippen LogP contribution in [0.5, 0.6) is 0 Å². The van der Waals surface area contributed by atoms with Crippen LogP contribution < -0.4 is 4.90 Å². The molecule has 3 aromatic rings. The predicted octanol–water partition coefficient (Wildman–Crippen LogP) is 5.12. The highest BCUT2D eigenvalue weighted by molar-refractivity contribution is 7.85. The van der Waals surface area contributed by atoms with Gasteiger partial charge in [-0.15, -0.1) is 10.2 Å². The van der Waals surface area contributed by atoms with Crippen molar-refractivity contribution in [1.29, 1.82) is 0 Å². The fourth-order valence-corrected chi connectivity index (χ4v) is 4.14. The van der Waals surface area contributed by atoms with Gasteiger partial charge in [-0.05, 0) is 56.2 Å². The fourth-order valence-electron chi connectivity index (χ4n) is 2.86. The van der Waals surface area contributed by atoms with Crippen LogP contribution in [0.3, 0.4) is 0 Å². The first-order valence-corrected chi connectivity index (χ1v) is 11.4. The molecule has 1 N–H and O–H groups in total. The highest BCUT2D eigenvalue weighted by Crippen LogP contribution is 2.31. The van der Waals surface area contributed by atoms with E-state index in [2.05, 4.69) is 20.1 Å². The number of fused-ring (bicyclic) bond motifs is 1. The van der Waals surface area contributed by atoms with E-state index >= 15 is 0 Å². The molecule has 3 rings (SSSR count). The summed E-state index contributed by atoms with van der Waals surface area (Å²) in [7, 11) is -3.93. The highest BCUT2D eigenvalue weighted by atomic mass is 32.2. The lowest BCUT2D eigenvalue weighted by atomic mass is 10.1. The Hall–Kier alpha value is -2.36. The molecule has 0 atom stereocenters. The number of rotatable bonds is 8. The van der Waals surface area contributed by atoms with Crippen LogP contribution in [0.4, 0.5) is 16.5 Å². The standard InChI is InChI=1S/C19H22N4O3S2/c1-3-23(11-6-12-28(24,25)26)15-9-10-16(14(2)13-15)21-22-19-20-17-7-4-5-8-18(17)27-19/h4-5,7-10,13H,3,6,11-12H2,1-2H3,(H,24,25,26). The maximum atomic E-state index is 10.9. The molecule has 9 heteroatoms. The van der Waals surface area contributed by atoms with Crippen LogP contribution in [-0.4, -0.2) is 36.8 Å². The Bertz CT molecular complexity index is 1060. The second-order valence-corrected chi connectivity index (χ2v) is 8.94. The Kier molecular flexibility index (Phi) is 6.38. The van der Waals surface area contributed by atoms with Crippen LogP contribution in [0.15, 0.2) is 52.7 Å². The zero-order valence-corrected chi connectivity index (χ0v) is 17.4. The molecule has 2 aromatic carbocycles. The molecule has 0 unspecified atom stereocenters. The summed E-state index contributed by atoms with van der Waals surface area (Å²) >= 11 is 1.50. The molecule has 0 saturated carbocycles. The molecule has 0 aliphatic rings. The first kappa shape index (κ1) is 20.4. The SMILES string of the molecule is CCN(CCCS(=O)(=O)O)c1ccc(N=Nc2nc3ccccc3s2)c(C)c1. The Morgan fingerprint density at radius 3 is 2.64 bits per heavy atom. The van der Waals surface area contributed by atoms with Gasteiger partial charge in [0, 0.05) is 18.8 Å². The molecule has 0 aliphatic heterocycles. The number of benzene rings is 2. The zero-order valence-electron chi connectivity index (χ0n) is 15.7. The van der Waals surface area contributed by atoms with Gasteiger partial charge in [-0.2, -0.15) is 8.42 Å². The molecule has 0 amide bonds. The van der Waals surface area contributed by atoms with Crippen LogP contribution in [-0.2, 0) is 10.1 Å². The Balaban J connectivity index is 1.71. The molecule has 0 spiro atoms. The lowest BCUT2D eigenvalue weighted by molar-refractivity contribution is 0.481. The van der Waals surface area contributed by atoms with E-state index in [4.69, 9.17) is 4.55 Å². The summed E-state index contributed by atoms with van der Waals surface area (Å²) in [6, 6.07) is 13.7. The predicted molar refractivity (Wildman–Crippen MR) is 114 cm³/mol. The highest BCUT2D eigenvalue weighted by Gasteiger charge is 2.10. The van der Waals surface area contributed by atoms with Gasteiger partial charge in [0.2, 0.25) is 5.13 Å². The van der Waals surface area contributed by atoms with E-state index in [-0.39, 0.29) is 5.75 Å². The van der Waals surface area contributed by atoms with Gasteiger partial charge in [-0.1, -0.05) is 23.5 Å². The van der Waals surface area contributed by atoms with E-state index in [0.717, 1.165) is 33.7 Å². The first-order chi connectivity index (χ1) is 13.4. The monoisotopic (exact) mass is 418 g/mol. The van der Waals surface area contributed by atoms with E-state index in [0.29, 0.717) is 18.1 Å². The van der Waals surface area contributed by atoms with Crippen molar-refractivity contribution in [3.63, 3.8) is 0 Å². The largest absolute Gasteiger partial charge is 0.372 e. The Morgan fingerprint density at radius 1 is 1.18 bits per heavy atom. The fraction of sp³-hybridized carbons (Fsp3) is 0.316. The second kappa shape index (κ2) is 8.76. The van der Waals surface area contributed by atoms with Crippen molar-refractivity contribution in [2.45, 2.75) is 20.3 Å². The van der Waals surface area contributed by atoms with Gasteiger partial charge in [0.1, 0.15) is 0 Å². The van der Waals surface area contributed by atoms with E-state index in [1.807, 2.05) is 56.3 Å². The molecule has 1 aromatic heterocycles. The van der Waals surface area contributed by atoms with Crippen molar-refractivity contribution in [2.24, 2.45) is 10.2 Å². The quantitative estimate of drug-likeness (QED) is 0.404. The Labute approximate surface area is 168 Å². The molecular weight excluding hydrogens is 396 g/mol. The van der Waals surface area contributed by atoms with Gasteiger partial charge in [0.15, 0.2) is 0 Å². The molecule has 0 radical (unpaired) electrons. The van der Waals surface area contributed by atoms with Gasteiger partial charge < -0.3 is 4.90 Å². The number of aryl methyl sites for hydroxylation is 1. The van der Waals surface area contributed by atoms with Crippen molar-refractivity contribution in [2.75, 3.05) is 23.7 Å². The third kappa shape index (κ3) is 5.34. The zero-order chi connectivity index (χ0) is 20.1. The summed E-state index contributed by atoms with van der Waals surface area (Å²) in [5, 5.41) is 9.22. The molecule has 0 bridgehead atoms. The third-order valence-electron chi connectivity index (χ3n) is 4.28. The van der Waals surface area contributed by atoms with Crippen LogP contribution in [0.2, 0.25) is 0 Å². The lowest BCUT2D eigenvalue weighted by Crippen LogP contribution is -2.25. The minimum Gasteiger partial charge on any atom is -0.372 e. The summed E-state index contributed by atoms with van der Waals surface area (Å²) in [5.74, 6) is -0.239. The van der Waals surface area contributed by atoms with Gasteiger partial charge >= 0.3 is 0 Å². The minimum absolute atomic E-state index is 0.239. The summed E-state index contributed by atoms with van der Waals surface area (Å²) < 4.78 is 31.7. The van der Waals surface area contributed by atoms with Crippen LogP contribution in [0, 0.1) is 6.92 Å². The topological polar surface area (TPSA) is 95.2 Å². The van der Waals surface area contributed by atoms with Crippen molar-refractivity contribution in [3.05, 3.63) is 48.0 Å². The Morgan fingerprint density at radius 2 is 1.96 bits per heavy atom. The summed E-state index contributed by atoms with van der Waals surface area (Å²) in [6.07, 6.45) is 0.366. The van der Waals surface area contributed by atoms with E-state index in [1.165, 1.54) is 11.3 Å².